The van der Waals surface area contributed by atoms with Gasteiger partial charge < -0.3 is 15.8 Å². The molecule has 0 saturated carbocycles. The maximum Gasteiger partial charge on any atom is 0.278 e. The zero-order valence-corrected chi connectivity index (χ0v) is 13.9. The fraction of sp³-hybridized carbons (Fsp3) is 0.0556. The normalized spacial score (nSPS) is 10.3. The highest BCUT2D eigenvalue weighted by molar-refractivity contribution is 6.31. The summed E-state index contributed by atoms with van der Waals surface area (Å²) in [7, 11) is 0. The summed E-state index contributed by atoms with van der Waals surface area (Å²) >= 11 is 6.10. The number of rotatable bonds is 5. The van der Waals surface area contributed by atoms with E-state index < -0.39 is 5.91 Å². The second kappa shape index (κ2) is 7.63. The fourth-order valence-corrected chi connectivity index (χ4v) is 2.32. The molecule has 0 fully saturated rings. The molecule has 6 nitrogen and oxygen atoms in total. The molecule has 0 spiro atoms. The van der Waals surface area contributed by atoms with Crippen LogP contribution >= 0.6 is 11.6 Å². The highest BCUT2D eigenvalue weighted by Crippen LogP contribution is 2.20. The number of amides is 1. The molecule has 3 N–H and O–H groups in total. The summed E-state index contributed by atoms with van der Waals surface area (Å²) in [5.41, 5.74) is 7.23. The van der Waals surface area contributed by atoms with Gasteiger partial charge in [0.05, 0.1) is 0 Å². The van der Waals surface area contributed by atoms with Crippen LogP contribution < -0.4 is 15.8 Å². The summed E-state index contributed by atoms with van der Waals surface area (Å²) in [4.78, 5) is 19.9. The van der Waals surface area contributed by atoms with E-state index in [2.05, 4.69) is 15.3 Å². The van der Waals surface area contributed by atoms with E-state index in [0.29, 0.717) is 23.1 Å². The van der Waals surface area contributed by atoms with Crippen molar-refractivity contribution in [3.8, 4) is 5.75 Å². The number of halogens is 1. The Labute approximate surface area is 149 Å². The lowest BCUT2D eigenvalue weighted by Crippen LogP contribution is -2.16. The standard InChI is InChI=1S/C18H15ClN4O2/c19-15-4-2-1-3-12(15)11-25-14-7-5-13(6-8-14)23-18(24)16-17(20)22-10-9-21-16/h1-10H,11H2,(H2,20,22)(H,23,24). The predicted octanol–water partition coefficient (Wildman–Crippen LogP) is 3.54. The van der Waals surface area contributed by atoms with Crippen molar-refractivity contribution in [3.05, 3.63) is 77.2 Å². The second-order valence-corrected chi connectivity index (χ2v) is 5.56. The number of nitrogens with one attached hydrogen (secondary N) is 1. The van der Waals surface area contributed by atoms with Crippen LogP contribution in [-0.4, -0.2) is 15.9 Å². The lowest BCUT2D eigenvalue weighted by molar-refractivity contribution is 0.102. The first-order valence-electron chi connectivity index (χ1n) is 7.47. The second-order valence-electron chi connectivity index (χ2n) is 5.15. The van der Waals surface area contributed by atoms with Crippen LogP contribution in [0.1, 0.15) is 16.1 Å². The van der Waals surface area contributed by atoms with Gasteiger partial charge in [-0.3, -0.25) is 4.79 Å². The summed E-state index contributed by atoms with van der Waals surface area (Å²) < 4.78 is 5.70. The van der Waals surface area contributed by atoms with Crippen molar-refractivity contribution < 1.29 is 9.53 Å². The number of hydrogen-bond acceptors (Lipinski definition) is 5. The average Bonchev–Trinajstić information content (AvgIpc) is 2.62. The zero-order valence-electron chi connectivity index (χ0n) is 13.1. The van der Waals surface area contributed by atoms with Gasteiger partial charge in [-0.1, -0.05) is 29.8 Å². The number of nitrogens with zero attached hydrogens (tertiary/aromatic N) is 2. The Kier molecular flexibility index (Phi) is 5.11. The number of hydrogen-bond donors (Lipinski definition) is 2. The molecule has 1 amide bonds. The molecule has 25 heavy (non-hydrogen) atoms. The highest BCUT2D eigenvalue weighted by atomic mass is 35.5. The van der Waals surface area contributed by atoms with E-state index in [-0.39, 0.29) is 11.5 Å². The molecule has 0 radical (unpaired) electrons. The molecule has 2 aromatic carbocycles. The van der Waals surface area contributed by atoms with Gasteiger partial charge in [0.2, 0.25) is 0 Å². The molecule has 3 aromatic rings. The first-order valence-corrected chi connectivity index (χ1v) is 7.85. The molecule has 0 aliphatic carbocycles. The van der Waals surface area contributed by atoms with Gasteiger partial charge >= 0.3 is 0 Å². The monoisotopic (exact) mass is 354 g/mol. The number of carbonyl (C=O) groups excluding carboxylic acids is 1. The predicted molar refractivity (Wildman–Crippen MR) is 96.6 cm³/mol. The minimum absolute atomic E-state index is 0.0830. The number of ether oxygens (including phenoxy) is 1. The third kappa shape index (κ3) is 4.24. The number of aromatic nitrogens is 2. The van der Waals surface area contributed by atoms with Crippen molar-refractivity contribution in [1.29, 1.82) is 0 Å². The van der Waals surface area contributed by atoms with E-state index in [1.807, 2.05) is 24.3 Å². The van der Waals surface area contributed by atoms with Gasteiger partial charge in [0.25, 0.3) is 5.91 Å². The SMILES string of the molecule is Nc1nccnc1C(=O)Nc1ccc(OCc2ccccc2Cl)cc1. The van der Waals surface area contributed by atoms with Crippen LogP contribution in [0.3, 0.4) is 0 Å². The number of nitrogen functional groups attached to an aromatic ring is 1. The summed E-state index contributed by atoms with van der Waals surface area (Å²) in [6.45, 7) is 0.363. The van der Waals surface area contributed by atoms with Gasteiger partial charge in [0, 0.05) is 28.7 Å². The number of benzene rings is 2. The molecular weight excluding hydrogens is 340 g/mol. The van der Waals surface area contributed by atoms with Crippen LogP contribution in [-0.2, 0) is 6.61 Å². The van der Waals surface area contributed by atoms with Gasteiger partial charge in [0.1, 0.15) is 12.4 Å². The molecule has 0 aliphatic heterocycles. The molecule has 0 unspecified atom stereocenters. The van der Waals surface area contributed by atoms with E-state index in [9.17, 15) is 4.79 Å². The van der Waals surface area contributed by atoms with Crippen LogP contribution in [0.15, 0.2) is 60.9 Å². The Morgan fingerprint density at radius 2 is 1.80 bits per heavy atom. The molecule has 1 heterocycles. The Morgan fingerprint density at radius 1 is 1.08 bits per heavy atom. The van der Waals surface area contributed by atoms with Crippen molar-refractivity contribution in [2.45, 2.75) is 6.61 Å². The van der Waals surface area contributed by atoms with Crippen LogP contribution in [0.2, 0.25) is 5.02 Å². The minimum atomic E-state index is -0.421. The van der Waals surface area contributed by atoms with Crippen molar-refractivity contribution >= 4 is 29.0 Å². The largest absolute Gasteiger partial charge is 0.489 e. The van der Waals surface area contributed by atoms with Crippen molar-refractivity contribution in [2.24, 2.45) is 0 Å². The number of carbonyl (C=O) groups is 1. The molecule has 126 valence electrons. The summed E-state index contributed by atoms with van der Waals surface area (Å²) in [6, 6.07) is 14.5. The summed E-state index contributed by atoms with van der Waals surface area (Å²) in [6.07, 6.45) is 2.84. The summed E-state index contributed by atoms with van der Waals surface area (Å²) in [5.74, 6) is 0.326. The molecule has 0 atom stereocenters. The Balaban J connectivity index is 1.62. The number of nitrogens with two attached hydrogens (primary N) is 1. The first kappa shape index (κ1) is 16.7. The molecule has 0 bridgehead atoms. The number of anilines is 2. The fourth-order valence-electron chi connectivity index (χ4n) is 2.13. The molecule has 0 aliphatic rings. The molecule has 0 saturated heterocycles. The minimum Gasteiger partial charge on any atom is -0.489 e. The summed E-state index contributed by atoms with van der Waals surface area (Å²) in [5, 5.41) is 3.37. The van der Waals surface area contributed by atoms with Gasteiger partial charge in [-0.25, -0.2) is 9.97 Å². The maximum atomic E-state index is 12.1. The molecule has 3 rings (SSSR count). The Bertz CT molecular complexity index is 884. The molecule has 7 heteroatoms. The van der Waals surface area contributed by atoms with E-state index in [1.54, 1.807) is 24.3 Å². The van der Waals surface area contributed by atoms with Crippen LogP contribution in [0.5, 0.6) is 5.75 Å². The van der Waals surface area contributed by atoms with E-state index in [4.69, 9.17) is 22.1 Å². The van der Waals surface area contributed by atoms with Crippen LogP contribution in [0, 0.1) is 0 Å². The smallest absolute Gasteiger partial charge is 0.278 e. The Morgan fingerprint density at radius 3 is 2.52 bits per heavy atom. The van der Waals surface area contributed by atoms with Crippen molar-refractivity contribution in [2.75, 3.05) is 11.1 Å². The third-order valence-electron chi connectivity index (χ3n) is 3.41. The maximum absolute atomic E-state index is 12.1. The average molecular weight is 355 g/mol. The van der Waals surface area contributed by atoms with Crippen molar-refractivity contribution in [3.63, 3.8) is 0 Å². The lowest BCUT2D eigenvalue weighted by atomic mass is 10.2. The topological polar surface area (TPSA) is 90.1 Å². The van der Waals surface area contributed by atoms with E-state index >= 15 is 0 Å². The molecule has 1 aromatic heterocycles. The van der Waals surface area contributed by atoms with Gasteiger partial charge in [0.15, 0.2) is 11.5 Å². The lowest BCUT2D eigenvalue weighted by Gasteiger charge is -2.09. The van der Waals surface area contributed by atoms with Gasteiger partial charge in [-0.15, -0.1) is 0 Å². The third-order valence-corrected chi connectivity index (χ3v) is 3.77. The highest BCUT2D eigenvalue weighted by Gasteiger charge is 2.12. The van der Waals surface area contributed by atoms with E-state index in [0.717, 1.165) is 5.56 Å². The van der Waals surface area contributed by atoms with Crippen LogP contribution in [0.25, 0.3) is 0 Å². The Hall–Kier alpha value is -3.12. The first-order chi connectivity index (χ1) is 12.1. The molecular formula is C18H15ClN4O2. The van der Waals surface area contributed by atoms with Gasteiger partial charge in [-0.2, -0.15) is 0 Å². The van der Waals surface area contributed by atoms with E-state index in [1.165, 1.54) is 12.4 Å². The van der Waals surface area contributed by atoms with Crippen molar-refractivity contribution in [1.82, 2.24) is 9.97 Å². The quantitative estimate of drug-likeness (QED) is 0.731. The van der Waals surface area contributed by atoms with Gasteiger partial charge in [-0.05, 0) is 30.3 Å². The van der Waals surface area contributed by atoms with Crippen LogP contribution in [0.4, 0.5) is 11.5 Å². The zero-order chi connectivity index (χ0) is 17.6.